The van der Waals surface area contributed by atoms with Crippen molar-refractivity contribution in [3.05, 3.63) is 41.9 Å². The summed E-state index contributed by atoms with van der Waals surface area (Å²) in [7, 11) is 3.12. The van der Waals surface area contributed by atoms with Crippen LogP contribution in [0.3, 0.4) is 0 Å². The zero-order chi connectivity index (χ0) is 18.5. The molecule has 1 fully saturated rings. The number of anilines is 2. The van der Waals surface area contributed by atoms with Crippen molar-refractivity contribution in [1.82, 2.24) is 0 Å². The predicted molar refractivity (Wildman–Crippen MR) is 96.6 cm³/mol. The number of hydrogen-bond acceptors (Lipinski definition) is 5. The molecule has 0 aliphatic carbocycles. The SMILES string of the molecule is COCc1ccc(C(=O)Nc2ccc(OC)c(N3CCCCC3=O)c2)o1. The van der Waals surface area contributed by atoms with Gasteiger partial charge < -0.3 is 24.1 Å². The Hall–Kier alpha value is -2.80. The molecule has 0 radical (unpaired) electrons. The first kappa shape index (κ1) is 18.0. The predicted octanol–water partition coefficient (Wildman–Crippen LogP) is 3.20. The van der Waals surface area contributed by atoms with Crippen LogP contribution in [0.15, 0.2) is 34.7 Å². The molecule has 0 bridgehead atoms. The summed E-state index contributed by atoms with van der Waals surface area (Å²) in [6.07, 6.45) is 2.37. The van der Waals surface area contributed by atoms with Crippen LogP contribution < -0.4 is 15.0 Å². The Morgan fingerprint density at radius 3 is 2.81 bits per heavy atom. The second kappa shape index (κ2) is 8.05. The molecule has 1 aliphatic heterocycles. The van der Waals surface area contributed by atoms with Crippen LogP contribution >= 0.6 is 0 Å². The molecule has 0 unspecified atom stereocenters. The number of hydrogen-bond donors (Lipinski definition) is 1. The second-order valence-electron chi connectivity index (χ2n) is 6.04. The van der Waals surface area contributed by atoms with Crippen molar-refractivity contribution in [3.63, 3.8) is 0 Å². The average molecular weight is 358 g/mol. The van der Waals surface area contributed by atoms with E-state index in [0.717, 1.165) is 12.8 Å². The van der Waals surface area contributed by atoms with Crippen molar-refractivity contribution < 1.29 is 23.5 Å². The Labute approximate surface area is 151 Å². The Morgan fingerprint density at radius 2 is 2.08 bits per heavy atom. The summed E-state index contributed by atoms with van der Waals surface area (Å²) in [4.78, 5) is 26.3. The molecule has 7 heteroatoms. The van der Waals surface area contributed by atoms with Crippen LogP contribution in [0.4, 0.5) is 11.4 Å². The minimum atomic E-state index is -0.367. The number of rotatable bonds is 6. The molecule has 3 rings (SSSR count). The number of carbonyl (C=O) groups excluding carboxylic acids is 2. The molecule has 2 amide bonds. The zero-order valence-electron chi connectivity index (χ0n) is 14.9. The number of nitrogens with one attached hydrogen (secondary N) is 1. The lowest BCUT2D eigenvalue weighted by Gasteiger charge is -2.28. The largest absolute Gasteiger partial charge is 0.495 e. The van der Waals surface area contributed by atoms with E-state index in [1.807, 2.05) is 0 Å². The summed E-state index contributed by atoms with van der Waals surface area (Å²) in [5.41, 5.74) is 1.23. The van der Waals surface area contributed by atoms with Crippen molar-refractivity contribution in [2.45, 2.75) is 25.9 Å². The van der Waals surface area contributed by atoms with Crippen LogP contribution in [0.25, 0.3) is 0 Å². The van der Waals surface area contributed by atoms with E-state index in [-0.39, 0.29) is 17.6 Å². The third-order valence-electron chi connectivity index (χ3n) is 4.22. The van der Waals surface area contributed by atoms with E-state index in [9.17, 15) is 9.59 Å². The van der Waals surface area contributed by atoms with Gasteiger partial charge in [0.15, 0.2) is 5.76 Å². The molecule has 2 aromatic rings. The maximum absolute atomic E-state index is 12.4. The van der Waals surface area contributed by atoms with Crippen LogP contribution in [0.2, 0.25) is 0 Å². The molecule has 1 N–H and O–H groups in total. The summed E-state index contributed by atoms with van der Waals surface area (Å²) in [5, 5.41) is 2.79. The molecule has 0 spiro atoms. The van der Waals surface area contributed by atoms with Crippen molar-refractivity contribution in [3.8, 4) is 5.75 Å². The van der Waals surface area contributed by atoms with Crippen LogP contribution in [-0.4, -0.2) is 32.6 Å². The maximum Gasteiger partial charge on any atom is 0.291 e. The van der Waals surface area contributed by atoms with Crippen LogP contribution in [0.5, 0.6) is 5.75 Å². The Bertz CT molecular complexity index is 799. The molecular formula is C19H22N2O5. The first-order valence-corrected chi connectivity index (χ1v) is 8.50. The number of amides is 2. The van der Waals surface area contributed by atoms with Crippen LogP contribution in [-0.2, 0) is 16.1 Å². The second-order valence-corrected chi connectivity index (χ2v) is 6.04. The van der Waals surface area contributed by atoms with E-state index in [2.05, 4.69) is 5.32 Å². The molecule has 7 nitrogen and oxygen atoms in total. The minimum absolute atomic E-state index is 0.0632. The highest BCUT2D eigenvalue weighted by molar-refractivity contribution is 6.03. The molecular weight excluding hydrogens is 336 g/mol. The number of ether oxygens (including phenoxy) is 2. The van der Waals surface area contributed by atoms with Gasteiger partial charge in [0.2, 0.25) is 5.91 Å². The van der Waals surface area contributed by atoms with Gasteiger partial charge in [0.05, 0.1) is 12.8 Å². The van der Waals surface area contributed by atoms with Crippen LogP contribution in [0, 0.1) is 0 Å². The van der Waals surface area contributed by atoms with Crippen molar-refractivity contribution in [1.29, 1.82) is 0 Å². The van der Waals surface area contributed by atoms with Crippen LogP contribution in [0.1, 0.15) is 35.6 Å². The number of nitrogens with zero attached hydrogens (tertiary/aromatic N) is 1. The summed E-state index contributed by atoms with van der Waals surface area (Å²) in [6, 6.07) is 8.52. The lowest BCUT2D eigenvalue weighted by molar-refractivity contribution is -0.119. The topological polar surface area (TPSA) is 81.0 Å². The quantitative estimate of drug-likeness (QED) is 0.858. The number of piperidine rings is 1. The molecule has 26 heavy (non-hydrogen) atoms. The lowest BCUT2D eigenvalue weighted by atomic mass is 10.1. The van der Waals surface area contributed by atoms with E-state index in [1.54, 1.807) is 49.5 Å². The third kappa shape index (κ3) is 3.88. The average Bonchev–Trinajstić information content (AvgIpc) is 3.11. The van der Waals surface area contributed by atoms with Gasteiger partial charge in [-0.05, 0) is 43.2 Å². The molecule has 1 aromatic carbocycles. The highest BCUT2D eigenvalue weighted by atomic mass is 16.5. The molecule has 138 valence electrons. The standard InChI is InChI=1S/C19H22N2O5/c1-24-12-14-7-9-17(26-14)19(23)20-13-6-8-16(25-2)15(11-13)21-10-4-3-5-18(21)22/h6-9,11H,3-5,10,12H2,1-2H3,(H,20,23). The molecule has 2 heterocycles. The molecule has 0 saturated carbocycles. The fraction of sp³-hybridized carbons (Fsp3) is 0.368. The highest BCUT2D eigenvalue weighted by Gasteiger charge is 2.23. The van der Waals surface area contributed by atoms with Gasteiger partial charge in [0.1, 0.15) is 18.1 Å². The number of benzene rings is 1. The molecule has 0 atom stereocenters. The van der Waals surface area contributed by atoms with Gasteiger partial charge in [-0.3, -0.25) is 9.59 Å². The Morgan fingerprint density at radius 1 is 1.23 bits per heavy atom. The first-order valence-electron chi connectivity index (χ1n) is 8.50. The van der Waals surface area contributed by atoms with Gasteiger partial charge in [-0.2, -0.15) is 0 Å². The summed E-state index contributed by atoms with van der Waals surface area (Å²) in [6.45, 7) is 0.947. The number of carbonyl (C=O) groups is 2. The first-order chi connectivity index (χ1) is 12.6. The van der Waals surface area contributed by atoms with Crippen molar-refractivity contribution in [2.75, 3.05) is 31.0 Å². The van der Waals surface area contributed by atoms with E-state index >= 15 is 0 Å². The van der Waals surface area contributed by atoms with Gasteiger partial charge in [-0.15, -0.1) is 0 Å². The normalized spacial score (nSPS) is 14.4. The van der Waals surface area contributed by atoms with Gasteiger partial charge in [-0.25, -0.2) is 0 Å². The monoisotopic (exact) mass is 358 g/mol. The minimum Gasteiger partial charge on any atom is -0.495 e. The molecule has 1 saturated heterocycles. The van der Waals surface area contributed by atoms with Gasteiger partial charge in [0.25, 0.3) is 5.91 Å². The smallest absolute Gasteiger partial charge is 0.291 e. The lowest BCUT2D eigenvalue weighted by Crippen LogP contribution is -2.35. The summed E-state index contributed by atoms with van der Waals surface area (Å²) >= 11 is 0. The van der Waals surface area contributed by atoms with Crippen molar-refractivity contribution >= 4 is 23.2 Å². The fourth-order valence-corrected chi connectivity index (χ4v) is 2.95. The highest BCUT2D eigenvalue weighted by Crippen LogP contribution is 2.33. The number of methoxy groups -OCH3 is 2. The van der Waals surface area contributed by atoms with Gasteiger partial charge >= 0.3 is 0 Å². The van der Waals surface area contributed by atoms with E-state index in [1.165, 1.54) is 0 Å². The summed E-state index contributed by atoms with van der Waals surface area (Å²) in [5.74, 6) is 1.07. The molecule has 1 aliphatic rings. The third-order valence-corrected chi connectivity index (χ3v) is 4.22. The van der Waals surface area contributed by atoms with E-state index < -0.39 is 0 Å². The Balaban J connectivity index is 1.80. The van der Waals surface area contributed by atoms with Gasteiger partial charge in [0, 0.05) is 25.8 Å². The summed E-state index contributed by atoms with van der Waals surface area (Å²) < 4.78 is 15.8. The van der Waals surface area contributed by atoms with E-state index in [4.69, 9.17) is 13.9 Å². The van der Waals surface area contributed by atoms with Crippen molar-refractivity contribution in [2.24, 2.45) is 0 Å². The fourth-order valence-electron chi connectivity index (χ4n) is 2.95. The van der Waals surface area contributed by atoms with Gasteiger partial charge in [-0.1, -0.05) is 0 Å². The maximum atomic E-state index is 12.4. The molecule has 1 aromatic heterocycles. The number of furan rings is 1. The van der Waals surface area contributed by atoms with E-state index in [0.29, 0.717) is 42.5 Å². The zero-order valence-corrected chi connectivity index (χ0v) is 14.9. The Kier molecular flexibility index (Phi) is 5.58.